The Kier molecular flexibility index (Phi) is 7.17. The van der Waals surface area contributed by atoms with E-state index in [0.717, 1.165) is 44.1 Å². The van der Waals surface area contributed by atoms with Crippen LogP contribution in [-0.2, 0) is 6.42 Å². The molecule has 2 aromatic rings. The number of nitrogens with zero attached hydrogens (tertiary/aromatic N) is 4. The van der Waals surface area contributed by atoms with Crippen molar-refractivity contribution in [3.05, 3.63) is 52.6 Å². The second-order valence-corrected chi connectivity index (χ2v) is 10.2. The van der Waals surface area contributed by atoms with Gasteiger partial charge in [0.25, 0.3) is 0 Å². The summed E-state index contributed by atoms with van der Waals surface area (Å²) in [5.74, 6) is 1.70. The largest absolute Gasteiger partial charge is 0.354 e. The fraction of sp³-hybridized carbons (Fsp3) is 0.577. The lowest BCUT2D eigenvalue weighted by molar-refractivity contribution is 0.204. The number of piperazine rings is 1. The SMILES string of the molecule is CCC(Cc1ccc(-n2ccc(NC(=O)N3CCNCC3)nc2=O)cc1)N1CC2CCC(N)C2C1. The molecule has 5 rings (SSSR count). The maximum Gasteiger partial charge on any atom is 0.354 e. The minimum absolute atomic E-state index is 0.227. The van der Waals surface area contributed by atoms with Crippen molar-refractivity contribution in [1.82, 2.24) is 24.7 Å². The summed E-state index contributed by atoms with van der Waals surface area (Å²) in [6, 6.07) is 10.5. The minimum atomic E-state index is -0.415. The van der Waals surface area contributed by atoms with Crippen LogP contribution in [0.15, 0.2) is 41.3 Å². The molecule has 0 radical (unpaired) electrons. The zero-order valence-electron chi connectivity index (χ0n) is 20.5. The van der Waals surface area contributed by atoms with Crippen LogP contribution >= 0.6 is 0 Å². The lowest BCUT2D eigenvalue weighted by Gasteiger charge is -2.28. The van der Waals surface area contributed by atoms with Crippen LogP contribution in [0.3, 0.4) is 0 Å². The number of benzene rings is 1. The Morgan fingerprint density at radius 1 is 1.17 bits per heavy atom. The lowest BCUT2D eigenvalue weighted by Crippen LogP contribution is -2.48. The van der Waals surface area contributed by atoms with Crippen LogP contribution in [0, 0.1) is 11.8 Å². The van der Waals surface area contributed by atoms with Crippen LogP contribution in [0.5, 0.6) is 0 Å². The van der Waals surface area contributed by atoms with Crippen LogP contribution in [0.25, 0.3) is 5.69 Å². The van der Waals surface area contributed by atoms with E-state index in [4.69, 9.17) is 5.73 Å². The van der Waals surface area contributed by atoms with E-state index in [1.165, 1.54) is 29.5 Å². The smallest absolute Gasteiger partial charge is 0.327 e. The summed E-state index contributed by atoms with van der Waals surface area (Å²) in [5, 5.41) is 5.95. The van der Waals surface area contributed by atoms with E-state index in [2.05, 4.69) is 39.6 Å². The van der Waals surface area contributed by atoms with E-state index in [1.54, 1.807) is 17.2 Å². The van der Waals surface area contributed by atoms with Crippen LogP contribution in [0.2, 0.25) is 0 Å². The molecular weight excluding hydrogens is 442 g/mol. The van der Waals surface area contributed by atoms with Crippen molar-refractivity contribution in [2.45, 2.75) is 44.7 Å². The maximum absolute atomic E-state index is 12.7. The molecule has 4 atom stereocenters. The molecule has 1 aliphatic carbocycles. The van der Waals surface area contributed by atoms with Crippen molar-refractivity contribution in [3.63, 3.8) is 0 Å². The van der Waals surface area contributed by atoms with Gasteiger partial charge in [0.1, 0.15) is 5.82 Å². The number of hydrogen-bond acceptors (Lipinski definition) is 6. The number of nitrogens with one attached hydrogen (secondary N) is 2. The number of urea groups is 1. The van der Waals surface area contributed by atoms with Crippen LogP contribution in [0.1, 0.15) is 31.7 Å². The first-order chi connectivity index (χ1) is 17.0. The molecule has 35 heavy (non-hydrogen) atoms. The standard InChI is InChI=1S/C26H37N7O2/c1-2-20(32-16-19-5-8-23(27)22(19)17-32)15-18-3-6-21(7-4-18)33-12-9-24(30-26(33)35)29-25(34)31-13-10-28-11-14-31/h3-4,6-7,9,12,19-20,22-23,28H,2,5,8,10-11,13-17,27H2,1H3,(H,29,30,34,35). The van der Waals surface area contributed by atoms with Gasteiger partial charge in [-0.25, -0.2) is 9.59 Å². The molecule has 3 aliphatic rings. The summed E-state index contributed by atoms with van der Waals surface area (Å²) < 4.78 is 1.50. The zero-order chi connectivity index (χ0) is 24.4. The number of nitrogens with two attached hydrogens (primary N) is 1. The molecule has 0 spiro atoms. The Hall–Kier alpha value is -2.75. The van der Waals surface area contributed by atoms with Gasteiger partial charge in [-0.2, -0.15) is 4.98 Å². The van der Waals surface area contributed by atoms with Gasteiger partial charge in [-0.05, 0) is 61.3 Å². The Bertz CT molecular complexity index is 1080. The van der Waals surface area contributed by atoms with Crippen molar-refractivity contribution in [1.29, 1.82) is 0 Å². The molecule has 188 valence electrons. The molecule has 2 aliphatic heterocycles. The second-order valence-electron chi connectivity index (χ2n) is 10.2. The Morgan fingerprint density at radius 2 is 1.94 bits per heavy atom. The monoisotopic (exact) mass is 479 g/mol. The van der Waals surface area contributed by atoms with Gasteiger partial charge in [-0.1, -0.05) is 19.1 Å². The molecule has 1 aromatic heterocycles. The second kappa shape index (κ2) is 10.5. The molecule has 9 nitrogen and oxygen atoms in total. The van der Waals surface area contributed by atoms with Crippen LogP contribution < -0.4 is 22.1 Å². The number of likely N-dealkylation sites (tertiary alicyclic amines) is 1. The third-order valence-electron chi connectivity index (χ3n) is 8.06. The third-order valence-corrected chi connectivity index (χ3v) is 8.06. The number of fused-ring (bicyclic) bond motifs is 1. The normalized spacial score (nSPS) is 25.4. The van der Waals surface area contributed by atoms with E-state index >= 15 is 0 Å². The van der Waals surface area contributed by atoms with Crippen molar-refractivity contribution in [2.24, 2.45) is 17.6 Å². The number of anilines is 1. The average molecular weight is 480 g/mol. The molecule has 0 bridgehead atoms. The number of rotatable bonds is 6. The summed E-state index contributed by atoms with van der Waals surface area (Å²) in [6.45, 7) is 7.38. The molecule has 4 N–H and O–H groups in total. The first-order valence-electron chi connectivity index (χ1n) is 13.0. The summed E-state index contributed by atoms with van der Waals surface area (Å²) in [7, 11) is 0. The van der Waals surface area contributed by atoms with E-state index < -0.39 is 5.69 Å². The Labute approximate surface area is 206 Å². The van der Waals surface area contributed by atoms with Crippen molar-refractivity contribution < 1.29 is 4.79 Å². The summed E-state index contributed by atoms with van der Waals surface area (Å²) in [5.41, 5.74) is 7.96. The van der Waals surface area contributed by atoms with Gasteiger partial charge in [-0.3, -0.25) is 14.8 Å². The maximum atomic E-state index is 12.7. The molecule has 1 aromatic carbocycles. The fourth-order valence-corrected chi connectivity index (χ4v) is 5.96. The molecule has 1 saturated carbocycles. The van der Waals surface area contributed by atoms with E-state index in [9.17, 15) is 9.59 Å². The summed E-state index contributed by atoms with van der Waals surface area (Å²) in [6.07, 6.45) is 6.23. The molecule has 3 fully saturated rings. The van der Waals surface area contributed by atoms with Gasteiger partial charge >= 0.3 is 11.7 Å². The van der Waals surface area contributed by atoms with Gasteiger partial charge in [0, 0.05) is 57.5 Å². The molecule has 4 unspecified atom stereocenters. The Balaban J connectivity index is 1.21. The lowest BCUT2D eigenvalue weighted by atomic mass is 9.98. The van der Waals surface area contributed by atoms with Crippen LogP contribution in [0.4, 0.5) is 10.6 Å². The van der Waals surface area contributed by atoms with Gasteiger partial charge in [-0.15, -0.1) is 0 Å². The van der Waals surface area contributed by atoms with E-state index in [0.29, 0.717) is 31.1 Å². The van der Waals surface area contributed by atoms with Crippen molar-refractivity contribution in [2.75, 3.05) is 44.6 Å². The van der Waals surface area contributed by atoms with Crippen molar-refractivity contribution >= 4 is 11.8 Å². The third kappa shape index (κ3) is 5.27. The van der Waals surface area contributed by atoms with Gasteiger partial charge < -0.3 is 16.0 Å². The number of carbonyl (C=O) groups excluding carboxylic acids is 1. The van der Waals surface area contributed by atoms with Gasteiger partial charge in [0.2, 0.25) is 0 Å². The predicted octanol–water partition coefficient (Wildman–Crippen LogP) is 1.66. The van der Waals surface area contributed by atoms with E-state index in [-0.39, 0.29) is 11.8 Å². The number of amides is 2. The molecular formula is C26H37N7O2. The summed E-state index contributed by atoms with van der Waals surface area (Å²) in [4.78, 5) is 33.5. The highest BCUT2D eigenvalue weighted by Gasteiger charge is 2.42. The highest BCUT2D eigenvalue weighted by atomic mass is 16.2. The highest BCUT2D eigenvalue weighted by molar-refractivity contribution is 5.88. The molecule has 2 amide bonds. The first-order valence-corrected chi connectivity index (χ1v) is 13.0. The average Bonchev–Trinajstić information content (AvgIpc) is 3.45. The van der Waals surface area contributed by atoms with Crippen molar-refractivity contribution in [3.8, 4) is 5.69 Å². The van der Waals surface area contributed by atoms with E-state index in [1.807, 2.05) is 12.1 Å². The number of hydrogen-bond donors (Lipinski definition) is 3. The number of aromatic nitrogens is 2. The first kappa shape index (κ1) is 24.0. The highest BCUT2D eigenvalue weighted by Crippen LogP contribution is 2.38. The van der Waals surface area contributed by atoms with Crippen LogP contribution in [-0.4, -0.2) is 76.7 Å². The topological polar surface area (TPSA) is 109 Å². The zero-order valence-corrected chi connectivity index (χ0v) is 20.5. The summed E-state index contributed by atoms with van der Waals surface area (Å²) >= 11 is 0. The molecule has 9 heteroatoms. The van der Waals surface area contributed by atoms with Gasteiger partial charge in [0.15, 0.2) is 0 Å². The molecule has 2 saturated heterocycles. The minimum Gasteiger partial charge on any atom is -0.327 e. The van der Waals surface area contributed by atoms with Gasteiger partial charge in [0.05, 0.1) is 5.69 Å². The fourth-order valence-electron chi connectivity index (χ4n) is 5.96. The molecule has 3 heterocycles. The predicted molar refractivity (Wildman–Crippen MR) is 137 cm³/mol. The quantitative estimate of drug-likeness (QED) is 0.582. The Morgan fingerprint density at radius 3 is 2.63 bits per heavy atom. The number of carbonyl (C=O) groups is 1.